The molecular formula is C21H23N5O3S. The van der Waals surface area contributed by atoms with Crippen LogP contribution in [0.2, 0.25) is 0 Å². The standard InChI is InChI=1S/C21H23N5O3S/c1-24(2)21(27)19-9-10-20(23-22-19)25-11-13-26(14-12-25)30(28,29)18-8-7-16-5-3-4-6-17(16)15-18/h3-10,15H,11-14H2,1-2H3. The van der Waals surface area contributed by atoms with Crippen molar-refractivity contribution in [2.24, 2.45) is 0 Å². The Bertz CT molecular complexity index is 1170. The number of benzene rings is 2. The molecule has 8 nitrogen and oxygen atoms in total. The van der Waals surface area contributed by atoms with Gasteiger partial charge >= 0.3 is 0 Å². The van der Waals surface area contributed by atoms with Gasteiger partial charge < -0.3 is 9.80 Å². The number of nitrogens with zero attached hydrogens (tertiary/aromatic N) is 5. The van der Waals surface area contributed by atoms with Crippen molar-refractivity contribution in [3.63, 3.8) is 0 Å². The molecule has 0 unspecified atom stereocenters. The van der Waals surface area contributed by atoms with E-state index < -0.39 is 10.0 Å². The van der Waals surface area contributed by atoms with E-state index >= 15 is 0 Å². The monoisotopic (exact) mass is 425 g/mol. The Balaban J connectivity index is 1.46. The molecule has 2 heterocycles. The van der Waals surface area contributed by atoms with Crippen molar-refractivity contribution >= 4 is 32.5 Å². The molecule has 1 aliphatic rings. The highest BCUT2D eigenvalue weighted by Crippen LogP contribution is 2.23. The normalized spacial score (nSPS) is 15.3. The summed E-state index contributed by atoms with van der Waals surface area (Å²) < 4.78 is 27.7. The topological polar surface area (TPSA) is 86.7 Å². The van der Waals surface area contributed by atoms with Crippen molar-refractivity contribution < 1.29 is 13.2 Å². The molecule has 2 aromatic carbocycles. The predicted octanol–water partition coefficient (Wildman–Crippen LogP) is 1.84. The quantitative estimate of drug-likeness (QED) is 0.634. The zero-order chi connectivity index (χ0) is 21.3. The Morgan fingerprint density at radius 2 is 1.60 bits per heavy atom. The molecule has 4 rings (SSSR count). The van der Waals surface area contributed by atoms with Crippen molar-refractivity contribution in [1.82, 2.24) is 19.4 Å². The Morgan fingerprint density at radius 1 is 0.900 bits per heavy atom. The summed E-state index contributed by atoms with van der Waals surface area (Å²) in [7, 11) is -0.246. The summed E-state index contributed by atoms with van der Waals surface area (Å²) in [5.74, 6) is 0.424. The number of sulfonamides is 1. The number of aromatic nitrogens is 2. The highest BCUT2D eigenvalue weighted by atomic mass is 32.2. The van der Waals surface area contributed by atoms with Gasteiger partial charge in [0.25, 0.3) is 5.91 Å². The van der Waals surface area contributed by atoms with Gasteiger partial charge in [0.05, 0.1) is 4.90 Å². The minimum atomic E-state index is -3.57. The maximum atomic E-state index is 13.1. The minimum Gasteiger partial charge on any atom is -0.352 e. The number of hydrogen-bond donors (Lipinski definition) is 0. The van der Waals surface area contributed by atoms with Crippen LogP contribution >= 0.6 is 0 Å². The number of fused-ring (bicyclic) bond motifs is 1. The van der Waals surface area contributed by atoms with Crippen LogP contribution in [0, 0.1) is 0 Å². The van der Waals surface area contributed by atoms with Gasteiger partial charge in [-0.2, -0.15) is 4.31 Å². The van der Waals surface area contributed by atoms with Crippen LogP contribution in [0.1, 0.15) is 10.5 Å². The smallest absolute Gasteiger partial charge is 0.273 e. The number of carbonyl (C=O) groups excluding carboxylic acids is 1. The van der Waals surface area contributed by atoms with Crippen molar-refractivity contribution in [3.8, 4) is 0 Å². The Kier molecular flexibility index (Phi) is 5.40. The molecule has 0 bridgehead atoms. The molecule has 1 saturated heterocycles. The largest absolute Gasteiger partial charge is 0.352 e. The molecule has 1 aliphatic heterocycles. The Morgan fingerprint density at radius 3 is 2.23 bits per heavy atom. The van der Waals surface area contributed by atoms with Crippen LogP contribution in [0.4, 0.5) is 5.82 Å². The molecule has 9 heteroatoms. The van der Waals surface area contributed by atoms with Crippen molar-refractivity contribution in [2.75, 3.05) is 45.2 Å². The lowest BCUT2D eigenvalue weighted by Crippen LogP contribution is -2.49. The number of carbonyl (C=O) groups is 1. The van der Waals surface area contributed by atoms with E-state index in [-0.39, 0.29) is 11.6 Å². The summed E-state index contributed by atoms with van der Waals surface area (Å²) >= 11 is 0. The van der Waals surface area contributed by atoms with E-state index in [9.17, 15) is 13.2 Å². The summed E-state index contributed by atoms with van der Waals surface area (Å²) in [6, 6.07) is 16.3. The molecule has 1 aromatic heterocycles. The number of amides is 1. The maximum absolute atomic E-state index is 13.1. The molecular weight excluding hydrogens is 402 g/mol. The van der Waals surface area contributed by atoms with Crippen molar-refractivity contribution in [1.29, 1.82) is 0 Å². The van der Waals surface area contributed by atoms with E-state index in [1.165, 1.54) is 9.21 Å². The van der Waals surface area contributed by atoms with Gasteiger partial charge in [-0.25, -0.2) is 8.42 Å². The van der Waals surface area contributed by atoms with Gasteiger partial charge in [0.1, 0.15) is 0 Å². The average Bonchev–Trinajstić information content (AvgIpc) is 2.78. The summed E-state index contributed by atoms with van der Waals surface area (Å²) in [4.78, 5) is 15.7. The van der Waals surface area contributed by atoms with Gasteiger partial charge in [0, 0.05) is 40.3 Å². The van der Waals surface area contributed by atoms with Gasteiger partial charge in [-0.3, -0.25) is 4.79 Å². The molecule has 1 amide bonds. The molecule has 0 aliphatic carbocycles. The molecule has 0 saturated carbocycles. The zero-order valence-electron chi connectivity index (χ0n) is 16.9. The fourth-order valence-corrected chi connectivity index (χ4v) is 4.93. The van der Waals surface area contributed by atoms with E-state index in [0.29, 0.717) is 36.9 Å². The number of rotatable bonds is 4. The van der Waals surface area contributed by atoms with Crippen LogP contribution in [-0.2, 0) is 10.0 Å². The first-order valence-electron chi connectivity index (χ1n) is 9.65. The lowest BCUT2D eigenvalue weighted by molar-refractivity contribution is 0.0821. The predicted molar refractivity (Wildman–Crippen MR) is 115 cm³/mol. The van der Waals surface area contributed by atoms with Crippen LogP contribution in [0.5, 0.6) is 0 Å². The van der Waals surface area contributed by atoms with Gasteiger partial charge in [0.15, 0.2) is 11.5 Å². The fraction of sp³-hybridized carbons (Fsp3) is 0.286. The number of hydrogen-bond acceptors (Lipinski definition) is 6. The van der Waals surface area contributed by atoms with E-state index in [1.54, 1.807) is 38.4 Å². The lowest BCUT2D eigenvalue weighted by atomic mass is 10.1. The first kappa shape index (κ1) is 20.2. The number of anilines is 1. The van der Waals surface area contributed by atoms with Gasteiger partial charge in [-0.05, 0) is 35.0 Å². The second-order valence-electron chi connectivity index (χ2n) is 7.38. The molecule has 0 radical (unpaired) electrons. The van der Waals surface area contributed by atoms with Crippen molar-refractivity contribution in [3.05, 3.63) is 60.3 Å². The Hall–Kier alpha value is -3.04. The molecule has 0 N–H and O–H groups in total. The molecule has 0 spiro atoms. The molecule has 0 atom stereocenters. The first-order chi connectivity index (χ1) is 14.4. The van der Waals surface area contributed by atoms with Gasteiger partial charge in [0.2, 0.25) is 10.0 Å². The second kappa shape index (κ2) is 8.00. The van der Waals surface area contributed by atoms with E-state index in [0.717, 1.165) is 10.8 Å². The van der Waals surface area contributed by atoms with Gasteiger partial charge in [-0.1, -0.05) is 30.3 Å². The minimum absolute atomic E-state index is 0.208. The molecule has 1 fully saturated rings. The molecule has 156 valence electrons. The van der Waals surface area contributed by atoms with Crippen LogP contribution in [-0.4, -0.2) is 74.0 Å². The highest BCUT2D eigenvalue weighted by Gasteiger charge is 2.29. The fourth-order valence-electron chi connectivity index (χ4n) is 3.47. The third-order valence-electron chi connectivity index (χ3n) is 5.20. The first-order valence-corrected chi connectivity index (χ1v) is 11.1. The second-order valence-corrected chi connectivity index (χ2v) is 9.31. The maximum Gasteiger partial charge on any atom is 0.273 e. The molecule has 30 heavy (non-hydrogen) atoms. The Labute approximate surface area is 175 Å². The van der Waals surface area contributed by atoms with Crippen LogP contribution in [0.3, 0.4) is 0 Å². The third-order valence-corrected chi connectivity index (χ3v) is 7.09. The van der Waals surface area contributed by atoms with E-state index in [1.807, 2.05) is 35.2 Å². The number of piperazine rings is 1. The SMILES string of the molecule is CN(C)C(=O)c1ccc(N2CCN(S(=O)(=O)c3ccc4ccccc4c3)CC2)nn1. The van der Waals surface area contributed by atoms with E-state index in [2.05, 4.69) is 10.2 Å². The zero-order valence-corrected chi connectivity index (χ0v) is 17.7. The summed E-state index contributed by atoms with van der Waals surface area (Å²) in [5.41, 5.74) is 0.279. The molecule has 3 aromatic rings. The average molecular weight is 426 g/mol. The highest BCUT2D eigenvalue weighted by molar-refractivity contribution is 7.89. The van der Waals surface area contributed by atoms with Gasteiger partial charge in [-0.15, -0.1) is 10.2 Å². The summed E-state index contributed by atoms with van der Waals surface area (Å²) in [6.45, 7) is 1.72. The van der Waals surface area contributed by atoms with Crippen molar-refractivity contribution in [2.45, 2.75) is 4.90 Å². The third kappa shape index (κ3) is 3.86. The van der Waals surface area contributed by atoms with Crippen LogP contribution < -0.4 is 4.90 Å². The van der Waals surface area contributed by atoms with Crippen LogP contribution in [0.15, 0.2) is 59.5 Å². The van der Waals surface area contributed by atoms with Crippen LogP contribution in [0.25, 0.3) is 10.8 Å². The summed E-state index contributed by atoms with van der Waals surface area (Å²) in [6.07, 6.45) is 0. The lowest BCUT2D eigenvalue weighted by Gasteiger charge is -2.34. The summed E-state index contributed by atoms with van der Waals surface area (Å²) in [5, 5.41) is 10.1. The van der Waals surface area contributed by atoms with E-state index in [4.69, 9.17) is 0 Å².